The number of thiophene rings is 1. The molecule has 82 valence electrons. The second kappa shape index (κ2) is 5.31. The van der Waals surface area contributed by atoms with Crippen molar-refractivity contribution in [3.8, 4) is 0 Å². The van der Waals surface area contributed by atoms with Crippen LogP contribution in [0.15, 0.2) is 15.8 Å². The molecule has 1 aliphatic rings. The van der Waals surface area contributed by atoms with Gasteiger partial charge in [-0.25, -0.2) is 0 Å². The summed E-state index contributed by atoms with van der Waals surface area (Å²) in [6.07, 6.45) is 4.99. The molecule has 0 saturated carbocycles. The van der Waals surface area contributed by atoms with Crippen molar-refractivity contribution in [3.05, 3.63) is 21.9 Å². The van der Waals surface area contributed by atoms with Gasteiger partial charge in [0.1, 0.15) is 0 Å². The number of rotatable bonds is 2. The molecule has 2 rings (SSSR count). The predicted molar refractivity (Wildman–Crippen MR) is 66.7 cm³/mol. The summed E-state index contributed by atoms with van der Waals surface area (Å²) in [4.78, 5) is 4.56. The van der Waals surface area contributed by atoms with Gasteiger partial charge in [-0.3, -0.25) is 4.99 Å². The normalized spacial score (nSPS) is 17.0. The van der Waals surface area contributed by atoms with Gasteiger partial charge in [0, 0.05) is 19.5 Å². The molecule has 2 nitrogen and oxygen atoms in total. The summed E-state index contributed by atoms with van der Waals surface area (Å²) in [5, 5.41) is 7.88. The standard InChI is InChI=1S/C12H18N2S/c1-10-8-15-9-11(10)7-14-12-5-3-2-4-6-13-12/h8-9H,2-7H2,1H3,(H,13,14). The lowest BCUT2D eigenvalue weighted by atomic mass is 10.2. The first-order chi connectivity index (χ1) is 7.36. The molecule has 0 bridgehead atoms. The zero-order valence-electron chi connectivity index (χ0n) is 9.25. The highest BCUT2D eigenvalue weighted by Gasteiger charge is 2.04. The number of nitrogens with one attached hydrogen (secondary N) is 1. The Labute approximate surface area is 95.4 Å². The summed E-state index contributed by atoms with van der Waals surface area (Å²) < 4.78 is 0. The summed E-state index contributed by atoms with van der Waals surface area (Å²) in [5.41, 5.74) is 2.80. The van der Waals surface area contributed by atoms with Gasteiger partial charge < -0.3 is 5.32 Å². The monoisotopic (exact) mass is 222 g/mol. The van der Waals surface area contributed by atoms with Gasteiger partial charge in [0.15, 0.2) is 0 Å². The van der Waals surface area contributed by atoms with Gasteiger partial charge in [0.2, 0.25) is 0 Å². The van der Waals surface area contributed by atoms with Crippen LogP contribution in [0.5, 0.6) is 0 Å². The maximum Gasteiger partial charge on any atom is 0.0965 e. The second-order valence-electron chi connectivity index (χ2n) is 4.07. The maximum atomic E-state index is 4.56. The van der Waals surface area contributed by atoms with Crippen LogP contribution in [0.1, 0.15) is 36.8 Å². The lowest BCUT2D eigenvalue weighted by Gasteiger charge is -2.07. The first-order valence-corrected chi connectivity index (χ1v) is 6.59. The van der Waals surface area contributed by atoms with Gasteiger partial charge in [-0.1, -0.05) is 6.42 Å². The van der Waals surface area contributed by atoms with Gasteiger partial charge in [0.25, 0.3) is 0 Å². The third-order valence-electron chi connectivity index (χ3n) is 2.82. The number of hydrogen-bond donors (Lipinski definition) is 1. The topological polar surface area (TPSA) is 24.4 Å². The molecule has 0 saturated heterocycles. The highest BCUT2D eigenvalue weighted by molar-refractivity contribution is 7.08. The van der Waals surface area contributed by atoms with Crippen molar-refractivity contribution in [1.29, 1.82) is 0 Å². The van der Waals surface area contributed by atoms with Gasteiger partial charge in [-0.05, 0) is 41.7 Å². The highest BCUT2D eigenvalue weighted by Crippen LogP contribution is 2.13. The fraction of sp³-hybridized carbons (Fsp3) is 0.583. The average Bonchev–Trinajstić information content (AvgIpc) is 2.53. The summed E-state index contributed by atoms with van der Waals surface area (Å²) in [5.74, 6) is 1.21. The highest BCUT2D eigenvalue weighted by atomic mass is 32.1. The van der Waals surface area contributed by atoms with E-state index in [0.29, 0.717) is 0 Å². The van der Waals surface area contributed by atoms with Crippen LogP contribution in [0.25, 0.3) is 0 Å². The molecule has 15 heavy (non-hydrogen) atoms. The largest absolute Gasteiger partial charge is 0.370 e. The van der Waals surface area contributed by atoms with E-state index in [-0.39, 0.29) is 0 Å². The van der Waals surface area contributed by atoms with E-state index in [0.717, 1.165) is 19.5 Å². The van der Waals surface area contributed by atoms with Crippen LogP contribution < -0.4 is 5.32 Å². The van der Waals surface area contributed by atoms with Gasteiger partial charge in [0.05, 0.1) is 5.84 Å². The van der Waals surface area contributed by atoms with Crippen LogP contribution in [-0.4, -0.2) is 12.4 Å². The Hall–Kier alpha value is -0.830. The Kier molecular flexibility index (Phi) is 3.78. The van der Waals surface area contributed by atoms with Crippen molar-refractivity contribution in [1.82, 2.24) is 5.32 Å². The first-order valence-electron chi connectivity index (χ1n) is 5.65. The molecule has 0 atom stereocenters. The molecule has 1 N–H and O–H groups in total. The minimum Gasteiger partial charge on any atom is -0.370 e. The van der Waals surface area contributed by atoms with Crippen LogP contribution in [-0.2, 0) is 6.54 Å². The third-order valence-corrected chi connectivity index (χ3v) is 3.73. The Morgan fingerprint density at radius 2 is 2.27 bits per heavy atom. The van der Waals surface area contributed by atoms with Gasteiger partial charge in [-0.2, -0.15) is 11.3 Å². The van der Waals surface area contributed by atoms with E-state index < -0.39 is 0 Å². The molecular formula is C12H18N2S. The van der Waals surface area contributed by atoms with Crippen molar-refractivity contribution in [2.75, 3.05) is 6.54 Å². The average molecular weight is 222 g/mol. The quantitative estimate of drug-likeness (QED) is 0.817. The Morgan fingerprint density at radius 1 is 1.33 bits per heavy atom. The van der Waals surface area contributed by atoms with Crippen molar-refractivity contribution >= 4 is 17.2 Å². The van der Waals surface area contributed by atoms with Crippen molar-refractivity contribution in [2.24, 2.45) is 4.99 Å². The number of aliphatic imine (C=N–C) groups is 1. The smallest absolute Gasteiger partial charge is 0.0965 e. The maximum absolute atomic E-state index is 4.56. The number of amidine groups is 1. The summed E-state index contributed by atoms with van der Waals surface area (Å²) in [6.45, 7) is 4.11. The molecule has 1 aliphatic heterocycles. The van der Waals surface area contributed by atoms with Crippen molar-refractivity contribution in [2.45, 2.75) is 39.2 Å². The zero-order chi connectivity index (χ0) is 10.5. The summed E-state index contributed by atoms with van der Waals surface area (Å²) >= 11 is 1.78. The van der Waals surface area contributed by atoms with Crippen LogP contribution in [0.3, 0.4) is 0 Å². The van der Waals surface area contributed by atoms with Crippen molar-refractivity contribution < 1.29 is 0 Å². The van der Waals surface area contributed by atoms with Crippen LogP contribution >= 0.6 is 11.3 Å². The lowest BCUT2D eigenvalue weighted by Crippen LogP contribution is -2.22. The molecule has 0 amide bonds. The number of hydrogen-bond acceptors (Lipinski definition) is 3. The SMILES string of the molecule is Cc1cscc1CNC1=NCCCCC1. The van der Waals surface area contributed by atoms with Crippen LogP contribution in [0.2, 0.25) is 0 Å². The lowest BCUT2D eigenvalue weighted by molar-refractivity contribution is 0.728. The van der Waals surface area contributed by atoms with E-state index in [4.69, 9.17) is 0 Å². The minimum atomic E-state index is 0.939. The first kappa shape index (κ1) is 10.7. The van der Waals surface area contributed by atoms with E-state index in [1.54, 1.807) is 11.3 Å². The molecule has 3 heteroatoms. The number of aryl methyl sites for hydroxylation is 1. The van der Waals surface area contributed by atoms with E-state index in [1.807, 2.05) is 0 Å². The van der Waals surface area contributed by atoms with E-state index in [1.165, 1.54) is 36.2 Å². The Balaban J connectivity index is 1.87. The molecule has 1 aromatic rings. The van der Waals surface area contributed by atoms with Crippen molar-refractivity contribution in [3.63, 3.8) is 0 Å². The molecule has 0 spiro atoms. The third kappa shape index (κ3) is 3.06. The van der Waals surface area contributed by atoms with Gasteiger partial charge >= 0.3 is 0 Å². The van der Waals surface area contributed by atoms with E-state index >= 15 is 0 Å². The molecule has 0 unspecified atom stereocenters. The molecule has 0 aliphatic carbocycles. The molecule has 0 fully saturated rings. The molecule has 1 aromatic heterocycles. The minimum absolute atomic E-state index is 0.939. The molecule has 0 radical (unpaired) electrons. The molecule has 2 heterocycles. The second-order valence-corrected chi connectivity index (χ2v) is 4.82. The van der Waals surface area contributed by atoms with Gasteiger partial charge in [-0.15, -0.1) is 0 Å². The van der Waals surface area contributed by atoms with E-state index in [9.17, 15) is 0 Å². The molecular weight excluding hydrogens is 204 g/mol. The summed E-state index contributed by atoms with van der Waals surface area (Å²) in [7, 11) is 0. The Bertz CT molecular complexity index is 341. The zero-order valence-corrected chi connectivity index (χ0v) is 10.1. The Morgan fingerprint density at radius 3 is 3.07 bits per heavy atom. The van der Waals surface area contributed by atoms with E-state index in [2.05, 4.69) is 28.0 Å². The predicted octanol–water partition coefficient (Wildman–Crippen LogP) is 3.12. The summed E-state index contributed by atoms with van der Waals surface area (Å²) in [6, 6.07) is 0. The molecule has 0 aromatic carbocycles. The number of nitrogens with zero attached hydrogens (tertiary/aromatic N) is 1. The fourth-order valence-electron chi connectivity index (χ4n) is 1.78. The van der Waals surface area contributed by atoms with Crippen LogP contribution in [0.4, 0.5) is 0 Å². The van der Waals surface area contributed by atoms with Crippen LogP contribution in [0, 0.1) is 6.92 Å². The fourth-order valence-corrected chi connectivity index (χ4v) is 2.64.